The first kappa shape index (κ1) is 15.9. The average Bonchev–Trinajstić information content (AvgIpc) is 3.12. The second-order valence-electron chi connectivity index (χ2n) is 5.84. The van der Waals surface area contributed by atoms with Crippen LogP contribution in [0.3, 0.4) is 0 Å². The standard InChI is InChI=1S/C17H20ClN3O2/c18-13-3-4-15-14(10-13)12(11-20-15)5-7-19-16(22)6-9-21-8-1-2-17(21)23/h3-4,10-11,20H,1-2,5-9H2,(H,19,22). The topological polar surface area (TPSA) is 65.2 Å². The number of nitrogens with zero attached hydrogens (tertiary/aromatic N) is 1. The molecule has 0 aliphatic carbocycles. The maximum absolute atomic E-state index is 11.9. The molecule has 122 valence electrons. The second kappa shape index (κ2) is 7.04. The predicted octanol–water partition coefficient (Wildman–Crippen LogP) is 2.49. The van der Waals surface area contributed by atoms with Gasteiger partial charge in [-0.05, 0) is 36.6 Å². The van der Waals surface area contributed by atoms with Crippen LogP contribution in [-0.2, 0) is 16.0 Å². The first-order chi connectivity index (χ1) is 11.1. The number of carbonyl (C=O) groups excluding carboxylic acids is 2. The van der Waals surface area contributed by atoms with E-state index in [9.17, 15) is 9.59 Å². The molecule has 0 saturated carbocycles. The fraction of sp³-hybridized carbons (Fsp3) is 0.412. The monoisotopic (exact) mass is 333 g/mol. The molecule has 2 amide bonds. The highest BCUT2D eigenvalue weighted by Crippen LogP contribution is 2.22. The van der Waals surface area contributed by atoms with E-state index in [1.54, 1.807) is 4.90 Å². The number of fused-ring (bicyclic) bond motifs is 1. The highest BCUT2D eigenvalue weighted by atomic mass is 35.5. The number of benzene rings is 1. The summed E-state index contributed by atoms with van der Waals surface area (Å²) in [4.78, 5) is 28.3. The Kier molecular flexibility index (Phi) is 4.86. The van der Waals surface area contributed by atoms with Crippen LogP contribution in [0.1, 0.15) is 24.8 Å². The minimum absolute atomic E-state index is 0.0115. The number of aromatic amines is 1. The molecule has 2 N–H and O–H groups in total. The highest BCUT2D eigenvalue weighted by Gasteiger charge is 2.20. The number of hydrogen-bond donors (Lipinski definition) is 2. The Bertz CT molecular complexity index is 726. The third-order valence-corrected chi connectivity index (χ3v) is 4.46. The van der Waals surface area contributed by atoms with Crippen LogP contribution < -0.4 is 5.32 Å². The summed E-state index contributed by atoms with van der Waals surface area (Å²) >= 11 is 6.03. The van der Waals surface area contributed by atoms with E-state index < -0.39 is 0 Å². The van der Waals surface area contributed by atoms with Gasteiger partial charge in [0, 0.05) is 54.6 Å². The maximum atomic E-state index is 11.9. The summed E-state index contributed by atoms with van der Waals surface area (Å²) in [5, 5.41) is 4.71. The van der Waals surface area contributed by atoms with E-state index >= 15 is 0 Å². The van der Waals surface area contributed by atoms with Crippen LogP contribution in [0.15, 0.2) is 24.4 Å². The lowest BCUT2D eigenvalue weighted by atomic mass is 10.1. The van der Waals surface area contributed by atoms with Gasteiger partial charge in [0.15, 0.2) is 0 Å². The number of likely N-dealkylation sites (tertiary alicyclic amines) is 1. The SMILES string of the molecule is O=C(CCN1CCCC1=O)NCCc1c[nH]c2ccc(Cl)cc12. The third kappa shape index (κ3) is 3.85. The van der Waals surface area contributed by atoms with Gasteiger partial charge in [-0.1, -0.05) is 11.6 Å². The summed E-state index contributed by atoms with van der Waals surface area (Å²) in [6.07, 6.45) is 4.59. The number of hydrogen-bond acceptors (Lipinski definition) is 2. The van der Waals surface area contributed by atoms with Crippen LogP contribution in [-0.4, -0.2) is 41.3 Å². The van der Waals surface area contributed by atoms with E-state index in [0.717, 1.165) is 35.9 Å². The first-order valence-corrected chi connectivity index (χ1v) is 8.31. The molecule has 3 rings (SSSR count). The van der Waals surface area contributed by atoms with E-state index in [0.29, 0.717) is 31.0 Å². The molecule has 1 saturated heterocycles. The Balaban J connectivity index is 1.45. The molecular weight excluding hydrogens is 314 g/mol. The van der Waals surface area contributed by atoms with Gasteiger partial charge in [0.05, 0.1) is 0 Å². The van der Waals surface area contributed by atoms with Crippen LogP contribution in [0.5, 0.6) is 0 Å². The van der Waals surface area contributed by atoms with E-state index in [-0.39, 0.29) is 11.8 Å². The molecule has 5 nitrogen and oxygen atoms in total. The molecule has 1 fully saturated rings. The van der Waals surface area contributed by atoms with E-state index in [1.165, 1.54) is 0 Å². The summed E-state index contributed by atoms with van der Waals surface area (Å²) in [7, 11) is 0. The molecular formula is C17H20ClN3O2. The van der Waals surface area contributed by atoms with Gasteiger partial charge in [-0.15, -0.1) is 0 Å². The lowest BCUT2D eigenvalue weighted by Crippen LogP contribution is -2.32. The number of carbonyl (C=O) groups is 2. The number of halogens is 1. The maximum Gasteiger partial charge on any atom is 0.222 e. The number of H-pyrrole nitrogens is 1. The number of rotatable bonds is 6. The van der Waals surface area contributed by atoms with Crippen molar-refractivity contribution in [2.45, 2.75) is 25.7 Å². The van der Waals surface area contributed by atoms with Crippen LogP contribution in [0, 0.1) is 0 Å². The average molecular weight is 334 g/mol. The lowest BCUT2D eigenvalue weighted by Gasteiger charge is -2.14. The molecule has 23 heavy (non-hydrogen) atoms. The zero-order valence-corrected chi connectivity index (χ0v) is 13.7. The molecule has 6 heteroatoms. The summed E-state index contributed by atoms with van der Waals surface area (Å²) in [6.45, 7) is 1.88. The zero-order chi connectivity index (χ0) is 16.2. The Morgan fingerprint density at radius 3 is 3.04 bits per heavy atom. The van der Waals surface area contributed by atoms with Crippen LogP contribution in [0.4, 0.5) is 0 Å². The molecule has 1 aromatic carbocycles. The number of nitrogens with one attached hydrogen (secondary N) is 2. The van der Waals surface area contributed by atoms with Gasteiger partial charge in [-0.2, -0.15) is 0 Å². The van der Waals surface area contributed by atoms with Crippen LogP contribution in [0.2, 0.25) is 5.02 Å². The zero-order valence-electron chi connectivity index (χ0n) is 12.9. The first-order valence-electron chi connectivity index (χ1n) is 7.93. The molecule has 1 aliphatic heterocycles. The van der Waals surface area contributed by atoms with Crippen molar-refractivity contribution in [3.63, 3.8) is 0 Å². The summed E-state index contributed by atoms with van der Waals surface area (Å²) < 4.78 is 0. The van der Waals surface area contributed by atoms with Crippen molar-refractivity contribution in [3.05, 3.63) is 35.0 Å². The smallest absolute Gasteiger partial charge is 0.222 e. The molecule has 2 aromatic rings. The Morgan fingerprint density at radius 2 is 2.26 bits per heavy atom. The Morgan fingerprint density at radius 1 is 1.39 bits per heavy atom. The molecule has 2 heterocycles. The van der Waals surface area contributed by atoms with Crippen LogP contribution in [0.25, 0.3) is 10.9 Å². The van der Waals surface area contributed by atoms with Crippen molar-refractivity contribution in [2.75, 3.05) is 19.6 Å². The lowest BCUT2D eigenvalue weighted by molar-refractivity contribution is -0.128. The summed E-state index contributed by atoms with van der Waals surface area (Å²) in [6, 6.07) is 5.74. The van der Waals surface area contributed by atoms with E-state index in [2.05, 4.69) is 10.3 Å². The summed E-state index contributed by atoms with van der Waals surface area (Å²) in [5.74, 6) is 0.149. The van der Waals surface area contributed by atoms with Crippen molar-refractivity contribution in [3.8, 4) is 0 Å². The second-order valence-corrected chi connectivity index (χ2v) is 6.27. The Labute approximate surface area is 140 Å². The molecule has 0 unspecified atom stereocenters. The number of aromatic nitrogens is 1. The molecule has 0 atom stereocenters. The van der Waals surface area contributed by atoms with E-state index in [4.69, 9.17) is 11.6 Å². The van der Waals surface area contributed by atoms with Gasteiger partial charge < -0.3 is 15.2 Å². The third-order valence-electron chi connectivity index (χ3n) is 4.23. The van der Waals surface area contributed by atoms with Gasteiger partial charge >= 0.3 is 0 Å². The minimum Gasteiger partial charge on any atom is -0.361 e. The highest BCUT2D eigenvalue weighted by molar-refractivity contribution is 6.31. The minimum atomic E-state index is -0.0115. The molecule has 1 aliphatic rings. The van der Waals surface area contributed by atoms with Gasteiger partial charge in [0.2, 0.25) is 11.8 Å². The summed E-state index contributed by atoms with van der Waals surface area (Å²) in [5.41, 5.74) is 2.18. The largest absolute Gasteiger partial charge is 0.361 e. The van der Waals surface area contributed by atoms with Crippen molar-refractivity contribution < 1.29 is 9.59 Å². The normalized spacial score (nSPS) is 14.7. The van der Waals surface area contributed by atoms with Crippen molar-refractivity contribution in [2.24, 2.45) is 0 Å². The van der Waals surface area contributed by atoms with Gasteiger partial charge in [-0.3, -0.25) is 9.59 Å². The molecule has 0 bridgehead atoms. The van der Waals surface area contributed by atoms with Gasteiger partial charge in [0.1, 0.15) is 0 Å². The fourth-order valence-corrected chi connectivity index (χ4v) is 3.13. The van der Waals surface area contributed by atoms with Crippen molar-refractivity contribution >= 4 is 34.3 Å². The molecule has 1 aromatic heterocycles. The predicted molar refractivity (Wildman–Crippen MR) is 90.5 cm³/mol. The van der Waals surface area contributed by atoms with Crippen molar-refractivity contribution in [1.82, 2.24) is 15.2 Å². The molecule has 0 spiro atoms. The quantitative estimate of drug-likeness (QED) is 0.853. The Hall–Kier alpha value is -2.01. The van der Waals surface area contributed by atoms with E-state index in [1.807, 2.05) is 24.4 Å². The van der Waals surface area contributed by atoms with Crippen molar-refractivity contribution in [1.29, 1.82) is 0 Å². The number of amides is 2. The fourth-order valence-electron chi connectivity index (χ4n) is 2.96. The van der Waals surface area contributed by atoms with Crippen LogP contribution >= 0.6 is 11.6 Å². The van der Waals surface area contributed by atoms with Gasteiger partial charge in [0.25, 0.3) is 0 Å². The molecule has 0 radical (unpaired) electrons. The van der Waals surface area contributed by atoms with Gasteiger partial charge in [-0.25, -0.2) is 0 Å².